The largest absolute Gasteiger partial charge is 0.426 e. The van der Waals surface area contributed by atoms with Crippen LogP contribution in [0.5, 0.6) is 0 Å². The first-order chi connectivity index (χ1) is 6.48. The molecule has 0 unspecified atom stereocenters. The van der Waals surface area contributed by atoms with Gasteiger partial charge in [-0.2, -0.15) is 0 Å². The number of rotatable bonds is 0. The van der Waals surface area contributed by atoms with Gasteiger partial charge in [0.25, 0.3) is 0 Å². The Morgan fingerprint density at radius 1 is 1.50 bits per heavy atom. The van der Waals surface area contributed by atoms with Gasteiger partial charge in [-0.05, 0) is 19.1 Å². The highest BCUT2D eigenvalue weighted by molar-refractivity contribution is 5.78. The van der Waals surface area contributed by atoms with Gasteiger partial charge in [-0.3, -0.25) is 4.79 Å². The van der Waals surface area contributed by atoms with Crippen molar-refractivity contribution in [3.05, 3.63) is 35.1 Å². The van der Waals surface area contributed by atoms with Crippen molar-refractivity contribution in [2.24, 2.45) is 0 Å². The van der Waals surface area contributed by atoms with Crippen molar-refractivity contribution in [3.63, 3.8) is 0 Å². The second-order valence-corrected chi connectivity index (χ2v) is 3.47. The summed E-state index contributed by atoms with van der Waals surface area (Å²) in [6.07, 6.45) is 4.16. The van der Waals surface area contributed by atoms with E-state index in [1.54, 1.807) is 6.08 Å². The lowest BCUT2D eigenvalue weighted by Crippen LogP contribution is -2.27. The normalized spacial score (nSPS) is 24.2. The zero-order valence-electron chi connectivity index (χ0n) is 7.65. The lowest BCUT2D eigenvalue weighted by atomic mass is 9.96. The SMILES string of the molecule is CC1=C2C=CC(O)(O)C=C2OC(=O)C1. The molecule has 4 nitrogen and oxygen atoms in total. The summed E-state index contributed by atoms with van der Waals surface area (Å²) in [4.78, 5) is 11.1. The molecule has 0 bridgehead atoms. The number of carbonyl (C=O) groups is 1. The van der Waals surface area contributed by atoms with E-state index in [0.29, 0.717) is 0 Å². The van der Waals surface area contributed by atoms with Gasteiger partial charge in [0.2, 0.25) is 5.79 Å². The summed E-state index contributed by atoms with van der Waals surface area (Å²) in [7, 11) is 0. The number of ether oxygens (including phenoxy) is 1. The Balaban J connectivity index is 2.48. The second kappa shape index (κ2) is 2.80. The van der Waals surface area contributed by atoms with E-state index in [4.69, 9.17) is 4.74 Å². The molecular weight excluding hydrogens is 184 g/mol. The lowest BCUT2D eigenvalue weighted by molar-refractivity contribution is -0.139. The molecule has 1 aliphatic carbocycles. The van der Waals surface area contributed by atoms with Crippen molar-refractivity contribution < 1.29 is 19.7 Å². The van der Waals surface area contributed by atoms with E-state index in [1.807, 2.05) is 6.92 Å². The topological polar surface area (TPSA) is 66.8 Å². The number of carbonyl (C=O) groups excluding carboxylic acids is 1. The van der Waals surface area contributed by atoms with Crippen LogP contribution in [0.25, 0.3) is 0 Å². The molecule has 0 amide bonds. The summed E-state index contributed by atoms with van der Waals surface area (Å²) >= 11 is 0. The van der Waals surface area contributed by atoms with Gasteiger partial charge >= 0.3 is 5.97 Å². The molecule has 0 fully saturated rings. The van der Waals surface area contributed by atoms with E-state index in [-0.39, 0.29) is 18.1 Å². The van der Waals surface area contributed by atoms with Crippen LogP contribution in [0.1, 0.15) is 13.3 Å². The predicted molar refractivity (Wildman–Crippen MR) is 47.8 cm³/mol. The molecule has 2 rings (SSSR count). The van der Waals surface area contributed by atoms with Crippen LogP contribution in [0.4, 0.5) is 0 Å². The molecule has 2 aliphatic rings. The fourth-order valence-corrected chi connectivity index (χ4v) is 1.51. The van der Waals surface area contributed by atoms with Crippen LogP contribution in [0.15, 0.2) is 35.1 Å². The molecule has 4 heteroatoms. The number of fused-ring (bicyclic) bond motifs is 1. The maximum absolute atomic E-state index is 11.1. The summed E-state index contributed by atoms with van der Waals surface area (Å²) in [6, 6.07) is 0. The number of aliphatic hydroxyl groups is 2. The van der Waals surface area contributed by atoms with Gasteiger partial charge in [0.15, 0.2) is 0 Å². The quantitative estimate of drug-likeness (QED) is 0.432. The Labute approximate surface area is 80.8 Å². The average Bonchev–Trinajstić information content (AvgIpc) is 2.00. The minimum atomic E-state index is -2.02. The van der Waals surface area contributed by atoms with Gasteiger partial charge in [0.1, 0.15) is 5.76 Å². The van der Waals surface area contributed by atoms with Gasteiger partial charge in [0, 0.05) is 11.6 Å². The first-order valence-electron chi connectivity index (χ1n) is 4.25. The summed E-state index contributed by atoms with van der Waals surface area (Å²) in [5.74, 6) is -2.16. The molecule has 0 radical (unpaired) electrons. The molecular formula is C10H10O4. The van der Waals surface area contributed by atoms with E-state index in [1.165, 1.54) is 6.08 Å². The number of hydrogen-bond acceptors (Lipinski definition) is 4. The minimum Gasteiger partial charge on any atom is -0.426 e. The van der Waals surface area contributed by atoms with Gasteiger partial charge in [-0.15, -0.1) is 0 Å². The third-order valence-electron chi connectivity index (χ3n) is 2.20. The monoisotopic (exact) mass is 194 g/mol. The van der Waals surface area contributed by atoms with Crippen molar-refractivity contribution in [3.8, 4) is 0 Å². The first kappa shape index (κ1) is 9.18. The van der Waals surface area contributed by atoms with Gasteiger partial charge in [0.05, 0.1) is 6.42 Å². The van der Waals surface area contributed by atoms with Crippen LogP contribution in [0, 0.1) is 0 Å². The molecule has 1 heterocycles. The summed E-state index contributed by atoms with van der Waals surface area (Å²) in [5.41, 5.74) is 1.63. The van der Waals surface area contributed by atoms with Crippen LogP contribution in [0.2, 0.25) is 0 Å². The third kappa shape index (κ3) is 1.49. The highest BCUT2D eigenvalue weighted by Gasteiger charge is 2.29. The highest BCUT2D eigenvalue weighted by atomic mass is 16.5. The van der Waals surface area contributed by atoms with Gasteiger partial charge < -0.3 is 14.9 Å². The molecule has 0 aromatic heterocycles. The summed E-state index contributed by atoms with van der Waals surface area (Å²) < 4.78 is 4.89. The zero-order valence-corrected chi connectivity index (χ0v) is 7.65. The van der Waals surface area contributed by atoms with Crippen molar-refractivity contribution in [1.29, 1.82) is 0 Å². The van der Waals surface area contributed by atoms with Crippen LogP contribution in [0.3, 0.4) is 0 Å². The molecule has 0 aromatic rings. The average molecular weight is 194 g/mol. The standard InChI is InChI=1S/C10H10O4/c1-6-4-9(11)14-8-5-10(12,13)3-2-7(6)8/h2-3,5,12-13H,4H2,1H3. The predicted octanol–water partition coefficient (Wildman–Crippen LogP) is 0.384. The smallest absolute Gasteiger partial charge is 0.315 e. The number of allylic oxidation sites excluding steroid dienone is 1. The molecule has 0 saturated heterocycles. The fraction of sp³-hybridized carbons (Fsp3) is 0.300. The van der Waals surface area contributed by atoms with Gasteiger partial charge in [-0.25, -0.2) is 0 Å². The van der Waals surface area contributed by atoms with E-state index in [2.05, 4.69) is 0 Å². The Hall–Kier alpha value is -1.39. The highest BCUT2D eigenvalue weighted by Crippen LogP contribution is 2.31. The number of hydrogen-bond donors (Lipinski definition) is 2. The Bertz CT molecular complexity index is 385. The third-order valence-corrected chi connectivity index (χ3v) is 2.20. The second-order valence-electron chi connectivity index (χ2n) is 3.47. The van der Waals surface area contributed by atoms with Crippen molar-refractivity contribution in [1.82, 2.24) is 0 Å². The van der Waals surface area contributed by atoms with E-state index < -0.39 is 5.79 Å². The van der Waals surface area contributed by atoms with Crippen LogP contribution >= 0.6 is 0 Å². The molecule has 74 valence electrons. The molecule has 0 saturated carbocycles. The Morgan fingerprint density at radius 2 is 2.21 bits per heavy atom. The van der Waals surface area contributed by atoms with Crippen molar-refractivity contribution in [2.45, 2.75) is 19.1 Å². The van der Waals surface area contributed by atoms with Crippen LogP contribution in [-0.2, 0) is 9.53 Å². The Morgan fingerprint density at radius 3 is 2.93 bits per heavy atom. The summed E-state index contributed by atoms with van der Waals surface area (Å²) in [5, 5.41) is 18.5. The van der Waals surface area contributed by atoms with Crippen molar-refractivity contribution >= 4 is 5.97 Å². The maximum Gasteiger partial charge on any atom is 0.315 e. The Kier molecular flexibility index (Phi) is 1.83. The molecule has 2 N–H and O–H groups in total. The molecule has 0 aromatic carbocycles. The van der Waals surface area contributed by atoms with E-state index in [9.17, 15) is 15.0 Å². The zero-order chi connectivity index (χ0) is 10.3. The summed E-state index contributed by atoms with van der Waals surface area (Å²) in [6.45, 7) is 1.82. The molecule has 14 heavy (non-hydrogen) atoms. The van der Waals surface area contributed by atoms with Gasteiger partial charge in [-0.1, -0.05) is 5.57 Å². The molecule has 1 aliphatic heterocycles. The minimum absolute atomic E-state index is 0.228. The van der Waals surface area contributed by atoms with E-state index in [0.717, 1.165) is 17.2 Å². The van der Waals surface area contributed by atoms with E-state index >= 15 is 0 Å². The first-order valence-corrected chi connectivity index (χ1v) is 4.25. The van der Waals surface area contributed by atoms with Crippen LogP contribution in [-0.4, -0.2) is 22.0 Å². The van der Waals surface area contributed by atoms with Crippen LogP contribution < -0.4 is 0 Å². The lowest BCUT2D eigenvalue weighted by Gasteiger charge is -2.25. The number of esters is 1. The maximum atomic E-state index is 11.1. The molecule has 0 atom stereocenters. The van der Waals surface area contributed by atoms with Crippen molar-refractivity contribution in [2.75, 3.05) is 0 Å². The molecule has 0 spiro atoms. The fourth-order valence-electron chi connectivity index (χ4n) is 1.51.